The summed E-state index contributed by atoms with van der Waals surface area (Å²) >= 11 is 0. The summed E-state index contributed by atoms with van der Waals surface area (Å²) < 4.78 is 12.5. The number of likely N-dealkylation sites (tertiary alicyclic amines) is 1. The number of nitrogens with zero attached hydrogens (tertiary/aromatic N) is 3. The van der Waals surface area contributed by atoms with Crippen molar-refractivity contribution in [2.75, 3.05) is 20.3 Å². The van der Waals surface area contributed by atoms with E-state index in [1.54, 1.807) is 11.7 Å². The third kappa shape index (κ3) is 5.07. The SMILES string of the molecule is CCOc1ccc([C@@H]2CCCN2C(=O)CCc2nc3ccccc3n(-c3ccc(OC)cc3)c2=O)cc1. The van der Waals surface area contributed by atoms with Crippen LogP contribution in [0.3, 0.4) is 0 Å². The van der Waals surface area contributed by atoms with Gasteiger partial charge in [0.2, 0.25) is 5.91 Å². The van der Waals surface area contributed by atoms with Gasteiger partial charge in [0.25, 0.3) is 5.56 Å². The van der Waals surface area contributed by atoms with Gasteiger partial charge in [-0.2, -0.15) is 0 Å². The number of benzene rings is 3. The number of aromatic nitrogens is 2. The van der Waals surface area contributed by atoms with Crippen LogP contribution in [0.1, 0.15) is 43.5 Å². The molecule has 190 valence electrons. The number of hydrogen-bond acceptors (Lipinski definition) is 5. The van der Waals surface area contributed by atoms with Crippen molar-refractivity contribution in [3.8, 4) is 17.2 Å². The standard InChI is InChI=1S/C30H31N3O4/c1-3-37-24-14-10-21(11-15-24)27-9-6-20-32(27)29(34)19-18-26-30(35)33(22-12-16-23(36-2)17-13-22)28-8-5-4-7-25(28)31-26/h4-5,7-8,10-17,27H,3,6,9,18-20H2,1-2H3/t27-/m0/s1. The molecule has 1 saturated heterocycles. The highest BCUT2D eigenvalue weighted by Gasteiger charge is 2.30. The number of carbonyl (C=O) groups excluding carboxylic acids is 1. The Bertz CT molecular complexity index is 1440. The summed E-state index contributed by atoms with van der Waals surface area (Å²) in [5.41, 5.74) is 3.46. The van der Waals surface area contributed by atoms with Gasteiger partial charge in [-0.25, -0.2) is 4.98 Å². The average Bonchev–Trinajstić information content (AvgIpc) is 3.43. The molecule has 4 aromatic rings. The summed E-state index contributed by atoms with van der Waals surface area (Å²) in [4.78, 5) is 33.5. The molecule has 5 rings (SSSR count). The zero-order valence-corrected chi connectivity index (χ0v) is 21.2. The van der Waals surface area contributed by atoms with Gasteiger partial charge in [0, 0.05) is 25.1 Å². The van der Waals surface area contributed by atoms with E-state index in [1.165, 1.54) is 0 Å². The lowest BCUT2D eigenvalue weighted by atomic mass is 10.0. The van der Waals surface area contributed by atoms with Crippen LogP contribution in [0.2, 0.25) is 0 Å². The molecule has 0 radical (unpaired) electrons. The summed E-state index contributed by atoms with van der Waals surface area (Å²) in [7, 11) is 1.61. The number of aryl methyl sites for hydroxylation is 1. The van der Waals surface area contributed by atoms with E-state index in [0.717, 1.165) is 41.9 Å². The van der Waals surface area contributed by atoms with Crippen LogP contribution in [-0.2, 0) is 11.2 Å². The predicted molar refractivity (Wildman–Crippen MR) is 144 cm³/mol. The molecule has 7 heteroatoms. The van der Waals surface area contributed by atoms with Crippen molar-refractivity contribution in [1.82, 2.24) is 14.5 Å². The van der Waals surface area contributed by atoms with Crippen molar-refractivity contribution >= 4 is 16.9 Å². The molecule has 0 bridgehead atoms. The van der Waals surface area contributed by atoms with Crippen molar-refractivity contribution in [3.05, 3.63) is 94.4 Å². The summed E-state index contributed by atoms with van der Waals surface area (Å²) in [5.74, 6) is 1.59. The fourth-order valence-electron chi connectivity index (χ4n) is 5.06. The molecule has 1 fully saturated rings. The Morgan fingerprint density at radius 3 is 2.46 bits per heavy atom. The Hall–Kier alpha value is -4.13. The predicted octanol–water partition coefficient (Wildman–Crippen LogP) is 5.09. The summed E-state index contributed by atoms with van der Waals surface area (Å²) in [6.45, 7) is 3.30. The first-order chi connectivity index (χ1) is 18.1. The van der Waals surface area contributed by atoms with Crippen LogP contribution >= 0.6 is 0 Å². The summed E-state index contributed by atoms with van der Waals surface area (Å²) in [5, 5.41) is 0. The maximum absolute atomic E-state index is 13.6. The minimum absolute atomic E-state index is 0.0433. The van der Waals surface area contributed by atoms with Crippen molar-refractivity contribution in [2.45, 2.75) is 38.6 Å². The van der Waals surface area contributed by atoms with E-state index in [0.29, 0.717) is 23.6 Å². The molecule has 37 heavy (non-hydrogen) atoms. The topological polar surface area (TPSA) is 73.7 Å². The van der Waals surface area contributed by atoms with Crippen molar-refractivity contribution in [3.63, 3.8) is 0 Å². The lowest BCUT2D eigenvalue weighted by Gasteiger charge is -2.25. The quantitative estimate of drug-likeness (QED) is 0.339. The Morgan fingerprint density at radius 2 is 1.73 bits per heavy atom. The first-order valence-corrected chi connectivity index (χ1v) is 12.8. The first kappa shape index (κ1) is 24.6. The molecule has 0 N–H and O–H groups in total. The fraction of sp³-hybridized carbons (Fsp3) is 0.300. The van der Waals surface area contributed by atoms with Gasteiger partial charge in [0.05, 0.1) is 30.8 Å². The van der Waals surface area contributed by atoms with Crippen molar-refractivity contribution in [1.29, 1.82) is 0 Å². The molecular weight excluding hydrogens is 466 g/mol. The second kappa shape index (κ2) is 10.9. The molecule has 0 spiro atoms. The second-order valence-electron chi connectivity index (χ2n) is 9.13. The third-order valence-corrected chi connectivity index (χ3v) is 6.88. The molecule has 1 atom stereocenters. The Kier molecular flexibility index (Phi) is 7.21. The van der Waals surface area contributed by atoms with Crippen LogP contribution in [0.5, 0.6) is 11.5 Å². The van der Waals surface area contributed by atoms with E-state index in [2.05, 4.69) is 4.98 Å². The van der Waals surface area contributed by atoms with E-state index < -0.39 is 0 Å². The van der Waals surface area contributed by atoms with E-state index in [-0.39, 0.29) is 30.3 Å². The zero-order valence-electron chi connectivity index (χ0n) is 21.2. The van der Waals surface area contributed by atoms with E-state index >= 15 is 0 Å². The van der Waals surface area contributed by atoms with Gasteiger partial charge in [0.15, 0.2) is 0 Å². The van der Waals surface area contributed by atoms with E-state index in [4.69, 9.17) is 9.47 Å². The molecule has 3 aromatic carbocycles. The largest absolute Gasteiger partial charge is 0.497 e. The van der Waals surface area contributed by atoms with Crippen molar-refractivity contribution < 1.29 is 14.3 Å². The van der Waals surface area contributed by atoms with E-state index in [1.807, 2.05) is 84.6 Å². The van der Waals surface area contributed by atoms with Crippen LogP contribution < -0.4 is 15.0 Å². The Balaban J connectivity index is 1.38. The lowest BCUT2D eigenvalue weighted by molar-refractivity contribution is -0.132. The van der Waals surface area contributed by atoms with Gasteiger partial charge in [0.1, 0.15) is 17.2 Å². The van der Waals surface area contributed by atoms with E-state index in [9.17, 15) is 9.59 Å². The van der Waals surface area contributed by atoms with Gasteiger partial charge in [-0.05, 0) is 73.9 Å². The lowest BCUT2D eigenvalue weighted by Crippen LogP contribution is -2.32. The highest BCUT2D eigenvalue weighted by molar-refractivity contribution is 5.78. The first-order valence-electron chi connectivity index (χ1n) is 12.8. The number of ether oxygens (including phenoxy) is 2. The van der Waals surface area contributed by atoms with Crippen LogP contribution in [0.4, 0.5) is 0 Å². The van der Waals surface area contributed by atoms with Gasteiger partial charge < -0.3 is 14.4 Å². The molecule has 1 amide bonds. The van der Waals surface area contributed by atoms with Crippen LogP contribution in [-0.4, -0.2) is 40.6 Å². The monoisotopic (exact) mass is 497 g/mol. The highest BCUT2D eigenvalue weighted by atomic mass is 16.5. The maximum atomic E-state index is 13.6. The normalized spacial score (nSPS) is 15.2. The minimum Gasteiger partial charge on any atom is -0.497 e. The summed E-state index contributed by atoms with van der Waals surface area (Å²) in [6.07, 6.45) is 2.40. The molecule has 0 unspecified atom stereocenters. The number of hydrogen-bond donors (Lipinski definition) is 0. The minimum atomic E-state index is -0.207. The number of para-hydroxylation sites is 2. The molecule has 0 saturated carbocycles. The number of amides is 1. The number of carbonyl (C=O) groups is 1. The molecular formula is C30H31N3O4. The fourth-order valence-corrected chi connectivity index (χ4v) is 5.06. The van der Waals surface area contributed by atoms with Crippen molar-refractivity contribution in [2.24, 2.45) is 0 Å². The van der Waals surface area contributed by atoms with Gasteiger partial charge in [-0.1, -0.05) is 24.3 Å². The smallest absolute Gasteiger partial charge is 0.277 e. The third-order valence-electron chi connectivity index (χ3n) is 6.88. The average molecular weight is 498 g/mol. The Labute approximate surface area is 216 Å². The number of methoxy groups -OCH3 is 1. The summed E-state index contributed by atoms with van der Waals surface area (Å²) in [6, 6.07) is 23.0. The molecule has 1 aliphatic heterocycles. The number of fused-ring (bicyclic) bond motifs is 1. The van der Waals surface area contributed by atoms with Gasteiger partial charge >= 0.3 is 0 Å². The van der Waals surface area contributed by atoms with Gasteiger partial charge in [-0.15, -0.1) is 0 Å². The Morgan fingerprint density at radius 1 is 1.00 bits per heavy atom. The molecule has 0 aliphatic carbocycles. The maximum Gasteiger partial charge on any atom is 0.277 e. The number of rotatable bonds is 8. The molecule has 1 aliphatic rings. The van der Waals surface area contributed by atoms with Crippen LogP contribution in [0.15, 0.2) is 77.6 Å². The highest BCUT2D eigenvalue weighted by Crippen LogP contribution is 2.33. The molecule has 1 aromatic heterocycles. The van der Waals surface area contributed by atoms with Gasteiger partial charge in [-0.3, -0.25) is 14.2 Å². The van der Waals surface area contributed by atoms with Crippen LogP contribution in [0.25, 0.3) is 16.7 Å². The van der Waals surface area contributed by atoms with Crippen LogP contribution in [0, 0.1) is 0 Å². The molecule has 7 nitrogen and oxygen atoms in total. The molecule has 2 heterocycles. The second-order valence-corrected chi connectivity index (χ2v) is 9.13. The zero-order chi connectivity index (χ0) is 25.8.